The zero-order chi connectivity index (χ0) is 10.6. The molecule has 3 heteroatoms. The van der Waals surface area contributed by atoms with Crippen LogP contribution >= 0.6 is 0 Å². The van der Waals surface area contributed by atoms with Gasteiger partial charge in [-0.05, 0) is 26.7 Å². The molecule has 3 aliphatic rings. The van der Waals surface area contributed by atoms with Crippen molar-refractivity contribution < 1.29 is 4.79 Å². The third-order valence-electron chi connectivity index (χ3n) is 4.31. The van der Waals surface area contributed by atoms with E-state index in [0.29, 0.717) is 23.3 Å². The first-order valence-corrected chi connectivity index (χ1v) is 6.12. The van der Waals surface area contributed by atoms with Gasteiger partial charge in [0.25, 0.3) is 0 Å². The van der Waals surface area contributed by atoms with E-state index < -0.39 is 0 Å². The smallest absolute Gasteiger partial charge is 0.228 e. The molecular weight excluding hydrogens is 188 g/mol. The monoisotopic (exact) mass is 208 g/mol. The number of carbonyl (C=O) groups excluding carboxylic acids is 1. The van der Waals surface area contributed by atoms with Gasteiger partial charge in [-0.2, -0.15) is 0 Å². The van der Waals surface area contributed by atoms with Gasteiger partial charge in [-0.25, -0.2) is 0 Å². The second kappa shape index (κ2) is 2.97. The molecule has 0 bridgehead atoms. The molecule has 0 N–H and O–H groups in total. The Hall–Kier alpha value is -0.570. The highest BCUT2D eigenvalue weighted by molar-refractivity contribution is 5.81. The Balaban J connectivity index is 1.47. The Morgan fingerprint density at radius 2 is 1.87 bits per heavy atom. The summed E-state index contributed by atoms with van der Waals surface area (Å²) in [6.07, 6.45) is 2.72. The molecule has 84 valence electrons. The fourth-order valence-corrected chi connectivity index (χ4v) is 2.76. The molecule has 1 saturated carbocycles. The van der Waals surface area contributed by atoms with E-state index in [0.717, 1.165) is 26.2 Å². The Kier molecular flexibility index (Phi) is 1.91. The van der Waals surface area contributed by atoms with Crippen LogP contribution < -0.4 is 0 Å². The topological polar surface area (TPSA) is 23.6 Å². The molecule has 3 fully saturated rings. The van der Waals surface area contributed by atoms with Crippen LogP contribution in [0.2, 0.25) is 0 Å². The van der Waals surface area contributed by atoms with Gasteiger partial charge in [0.2, 0.25) is 5.91 Å². The van der Waals surface area contributed by atoms with Crippen LogP contribution in [0.4, 0.5) is 0 Å². The lowest BCUT2D eigenvalue weighted by molar-refractivity contribution is -0.149. The summed E-state index contributed by atoms with van der Waals surface area (Å²) >= 11 is 0. The number of carbonyl (C=O) groups is 1. The summed E-state index contributed by atoms with van der Waals surface area (Å²) in [5, 5.41) is 0. The van der Waals surface area contributed by atoms with Crippen molar-refractivity contribution in [2.24, 2.45) is 11.3 Å². The van der Waals surface area contributed by atoms with E-state index in [-0.39, 0.29) is 0 Å². The standard InChI is InChI=1S/C12H20N2O/c1-9(2)13-5-10(6-13)11(15)14-7-12(8-14)3-4-12/h9-10H,3-8H2,1-2H3. The summed E-state index contributed by atoms with van der Waals surface area (Å²) in [4.78, 5) is 16.4. The van der Waals surface area contributed by atoms with Crippen LogP contribution in [0.3, 0.4) is 0 Å². The van der Waals surface area contributed by atoms with Gasteiger partial charge in [-0.3, -0.25) is 9.69 Å². The fourth-order valence-electron chi connectivity index (χ4n) is 2.76. The summed E-state index contributed by atoms with van der Waals surface area (Å²) in [6, 6.07) is 0.597. The van der Waals surface area contributed by atoms with Crippen molar-refractivity contribution in [3.8, 4) is 0 Å². The lowest BCUT2D eigenvalue weighted by atomic mass is 9.91. The average molecular weight is 208 g/mol. The van der Waals surface area contributed by atoms with Gasteiger partial charge in [-0.1, -0.05) is 0 Å². The van der Waals surface area contributed by atoms with Crippen LogP contribution in [0.1, 0.15) is 26.7 Å². The van der Waals surface area contributed by atoms with Crippen molar-refractivity contribution in [1.29, 1.82) is 0 Å². The van der Waals surface area contributed by atoms with Gasteiger partial charge >= 0.3 is 0 Å². The number of likely N-dealkylation sites (tertiary alicyclic amines) is 2. The van der Waals surface area contributed by atoms with Crippen molar-refractivity contribution >= 4 is 5.91 Å². The van der Waals surface area contributed by atoms with Gasteiger partial charge in [0.15, 0.2) is 0 Å². The lowest BCUT2D eigenvalue weighted by Crippen LogP contribution is -2.61. The fraction of sp³-hybridized carbons (Fsp3) is 0.917. The summed E-state index contributed by atoms with van der Waals surface area (Å²) < 4.78 is 0. The molecule has 3 nitrogen and oxygen atoms in total. The molecule has 1 spiro atoms. The van der Waals surface area contributed by atoms with E-state index in [4.69, 9.17) is 0 Å². The second-order valence-electron chi connectivity index (χ2n) is 5.94. The van der Waals surface area contributed by atoms with Crippen LogP contribution in [0.5, 0.6) is 0 Å². The Morgan fingerprint density at radius 3 is 2.33 bits per heavy atom. The molecule has 15 heavy (non-hydrogen) atoms. The lowest BCUT2D eigenvalue weighted by Gasteiger charge is -2.47. The highest BCUT2D eigenvalue weighted by atomic mass is 16.2. The molecule has 0 atom stereocenters. The minimum absolute atomic E-state index is 0.309. The third-order valence-corrected chi connectivity index (χ3v) is 4.31. The molecule has 0 unspecified atom stereocenters. The molecule has 3 rings (SSSR count). The highest BCUT2D eigenvalue weighted by Gasteiger charge is 2.55. The number of hydrogen-bond donors (Lipinski definition) is 0. The van der Waals surface area contributed by atoms with Crippen molar-refractivity contribution in [2.75, 3.05) is 26.2 Å². The molecule has 0 aromatic heterocycles. The van der Waals surface area contributed by atoms with Gasteiger partial charge in [0.05, 0.1) is 5.92 Å². The van der Waals surface area contributed by atoms with E-state index in [9.17, 15) is 4.79 Å². The molecule has 2 saturated heterocycles. The Morgan fingerprint density at radius 1 is 1.27 bits per heavy atom. The van der Waals surface area contributed by atoms with Crippen molar-refractivity contribution in [2.45, 2.75) is 32.7 Å². The molecule has 0 radical (unpaired) electrons. The van der Waals surface area contributed by atoms with E-state index in [1.165, 1.54) is 12.8 Å². The van der Waals surface area contributed by atoms with Gasteiger partial charge < -0.3 is 4.90 Å². The third kappa shape index (κ3) is 1.48. The normalized spacial score (nSPS) is 29.1. The molecule has 1 amide bonds. The van der Waals surface area contributed by atoms with Crippen molar-refractivity contribution in [3.05, 3.63) is 0 Å². The number of nitrogens with zero attached hydrogens (tertiary/aromatic N) is 2. The maximum absolute atomic E-state index is 12.0. The van der Waals surface area contributed by atoms with Crippen LogP contribution in [-0.4, -0.2) is 47.9 Å². The van der Waals surface area contributed by atoms with E-state index >= 15 is 0 Å². The molecule has 1 aliphatic carbocycles. The summed E-state index contributed by atoms with van der Waals surface area (Å²) in [6.45, 7) is 8.49. The van der Waals surface area contributed by atoms with E-state index in [2.05, 4.69) is 23.6 Å². The van der Waals surface area contributed by atoms with Crippen LogP contribution in [0.25, 0.3) is 0 Å². The average Bonchev–Trinajstić information content (AvgIpc) is 2.75. The first-order chi connectivity index (χ1) is 7.10. The van der Waals surface area contributed by atoms with E-state index in [1.54, 1.807) is 0 Å². The van der Waals surface area contributed by atoms with E-state index in [1.807, 2.05) is 0 Å². The van der Waals surface area contributed by atoms with Gasteiger partial charge in [-0.15, -0.1) is 0 Å². The van der Waals surface area contributed by atoms with Gasteiger partial charge in [0.1, 0.15) is 0 Å². The summed E-state index contributed by atoms with van der Waals surface area (Å²) in [5.74, 6) is 0.730. The predicted octanol–water partition coefficient (Wildman–Crippen LogP) is 0.949. The minimum Gasteiger partial charge on any atom is -0.341 e. The number of hydrogen-bond acceptors (Lipinski definition) is 2. The molecule has 0 aromatic rings. The number of amides is 1. The largest absolute Gasteiger partial charge is 0.341 e. The Labute approximate surface area is 91.4 Å². The summed E-state index contributed by atoms with van der Waals surface area (Å²) in [5.41, 5.74) is 0.608. The minimum atomic E-state index is 0.309. The second-order valence-corrected chi connectivity index (χ2v) is 5.94. The maximum atomic E-state index is 12.0. The zero-order valence-corrected chi connectivity index (χ0v) is 9.70. The number of rotatable bonds is 2. The first kappa shape index (κ1) is 9.64. The molecular formula is C12H20N2O. The first-order valence-electron chi connectivity index (χ1n) is 6.12. The highest BCUT2D eigenvalue weighted by Crippen LogP contribution is 2.53. The van der Waals surface area contributed by atoms with Crippen molar-refractivity contribution in [1.82, 2.24) is 9.80 Å². The van der Waals surface area contributed by atoms with Crippen molar-refractivity contribution in [3.63, 3.8) is 0 Å². The quantitative estimate of drug-likeness (QED) is 0.674. The predicted molar refractivity (Wildman–Crippen MR) is 58.4 cm³/mol. The SMILES string of the molecule is CC(C)N1CC(C(=O)N2CC3(CC3)C2)C1. The summed E-state index contributed by atoms with van der Waals surface area (Å²) in [7, 11) is 0. The van der Waals surface area contributed by atoms with Crippen LogP contribution in [0, 0.1) is 11.3 Å². The zero-order valence-electron chi connectivity index (χ0n) is 9.70. The van der Waals surface area contributed by atoms with Crippen LogP contribution in [0.15, 0.2) is 0 Å². The maximum Gasteiger partial charge on any atom is 0.228 e. The molecule has 2 heterocycles. The molecule has 2 aliphatic heterocycles. The van der Waals surface area contributed by atoms with Gasteiger partial charge in [0, 0.05) is 37.6 Å². The Bertz CT molecular complexity index is 282. The molecule has 0 aromatic carbocycles. The van der Waals surface area contributed by atoms with Crippen LogP contribution in [-0.2, 0) is 4.79 Å².